The fraction of sp³-hybridized carbons (Fsp3) is 0.368. The molecule has 2 rings (SSSR count). The maximum absolute atomic E-state index is 12.4. The summed E-state index contributed by atoms with van der Waals surface area (Å²) in [6.45, 7) is 8.09. The molecule has 0 atom stereocenters. The number of hydrogen-bond donors (Lipinski definition) is 2. The van der Waals surface area contributed by atoms with E-state index in [4.69, 9.17) is 0 Å². The number of nitrogens with zero attached hydrogens (tertiary/aromatic N) is 3. The van der Waals surface area contributed by atoms with Crippen LogP contribution >= 0.6 is 0 Å². The van der Waals surface area contributed by atoms with Crippen molar-refractivity contribution in [2.45, 2.75) is 33.2 Å². The van der Waals surface area contributed by atoms with E-state index in [9.17, 15) is 19.5 Å². The first kappa shape index (κ1) is 20.2. The van der Waals surface area contributed by atoms with Crippen LogP contribution in [-0.4, -0.2) is 50.7 Å². The van der Waals surface area contributed by atoms with Crippen LogP contribution in [0.5, 0.6) is 0 Å². The molecule has 0 fully saturated rings. The summed E-state index contributed by atoms with van der Waals surface area (Å²) in [6, 6.07) is 6.40. The molecule has 0 radical (unpaired) electrons. The molecule has 0 saturated carbocycles. The second-order valence-electron chi connectivity index (χ2n) is 6.55. The van der Waals surface area contributed by atoms with Gasteiger partial charge in [0, 0.05) is 30.4 Å². The molecule has 2 amide bonds. The summed E-state index contributed by atoms with van der Waals surface area (Å²) in [6.07, 6.45) is 2.85. The zero-order valence-electron chi connectivity index (χ0n) is 15.9. The van der Waals surface area contributed by atoms with Crippen molar-refractivity contribution < 1.29 is 19.5 Å². The number of carboxylic acids is 1. The van der Waals surface area contributed by atoms with Crippen LogP contribution in [-0.2, 0) is 10.3 Å². The Morgan fingerprint density at radius 3 is 2.19 bits per heavy atom. The Bertz CT molecular complexity index is 836. The Morgan fingerprint density at radius 1 is 1.11 bits per heavy atom. The molecule has 0 bridgehead atoms. The summed E-state index contributed by atoms with van der Waals surface area (Å²) in [5.41, 5.74) is 0.0651. The van der Waals surface area contributed by atoms with Crippen molar-refractivity contribution in [3.05, 3.63) is 47.8 Å². The molecule has 1 heterocycles. The lowest BCUT2D eigenvalue weighted by Crippen LogP contribution is -2.35. The van der Waals surface area contributed by atoms with E-state index in [0.717, 1.165) is 0 Å². The SMILES string of the molecule is CCN(CC)C(=O)c1ccc(C(=O)Nc2cnn(C(C)(C)C(=O)O)c2)cc1. The number of amides is 2. The molecular formula is C19H24N4O4. The molecule has 0 spiro atoms. The molecule has 1 aromatic heterocycles. The first-order valence-corrected chi connectivity index (χ1v) is 8.69. The standard InChI is InChI=1S/C19H24N4O4/c1-5-22(6-2)17(25)14-9-7-13(8-10-14)16(24)21-15-11-20-23(12-15)19(3,4)18(26)27/h7-12H,5-6H2,1-4H3,(H,21,24)(H,26,27). The number of carbonyl (C=O) groups excluding carboxylic acids is 2. The summed E-state index contributed by atoms with van der Waals surface area (Å²) in [7, 11) is 0. The summed E-state index contributed by atoms with van der Waals surface area (Å²) in [5, 5.41) is 15.9. The van der Waals surface area contributed by atoms with Crippen LogP contribution in [0.4, 0.5) is 5.69 Å². The largest absolute Gasteiger partial charge is 0.479 e. The van der Waals surface area contributed by atoms with Crippen LogP contribution in [0.2, 0.25) is 0 Å². The molecule has 0 aliphatic heterocycles. The normalized spacial score (nSPS) is 11.1. The maximum Gasteiger partial charge on any atom is 0.331 e. The van der Waals surface area contributed by atoms with Gasteiger partial charge in [-0.1, -0.05) is 0 Å². The van der Waals surface area contributed by atoms with Gasteiger partial charge in [0.05, 0.1) is 11.9 Å². The third-order valence-corrected chi connectivity index (χ3v) is 4.38. The second-order valence-corrected chi connectivity index (χ2v) is 6.55. The lowest BCUT2D eigenvalue weighted by atomic mass is 10.1. The number of aromatic nitrogens is 2. The molecule has 0 saturated heterocycles. The van der Waals surface area contributed by atoms with Crippen molar-refractivity contribution in [3.63, 3.8) is 0 Å². The highest BCUT2D eigenvalue weighted by atomic mass is 16.4. The summed E-state index contributed by atoms with van der Waals surface area (Å²) in [4.78, 5) is 37.6. The number of carboxylic acid groups (broad SMARTS) is 1. The molecule has 144 valence electrons. The van der Waals surface area contributed by atoms with Crippen LogP contribution in [0.15, 0.2) is 36.7 Å². The van der Waals surface area contributed by atoms with E-state index in [1.165, 1.54) is 30.9 Å². The second kappa shape index (κ2) is 8.03. The fourth-order valence-corrected chi connectivity index (χ4v) is 2.45. The smallest absolute Gasteiger partial charge is 0.331 e. The molecule has 8 nitrogen and oxygen atoms in total. The molecular weight excluding hydrogens is 348 g/mol. The monoisotopic (exact) mass is 372 g/mol. The van der Waals surface area contributed by atoms with Gasteiger partial charge in [-0.3, -0.25) is 14.3 Å². The average molecular weight is 372 g/mol. The van der Waals surface area contributed by atoms with Crippen molar-refractivity contribution >= 4 is 23.5 Å². The average Bonchev–Trinajstić information content (AvgIpc) is 3.11. The molecule has 2 aromatic rings. The molecule has 1 aromatic carbocycles. The Morgan fingerprint density at radius 2 is 1.67 bits per heavy atom. The Hall–Kier alpha value is -3.16. The molecule has 0 aliphatic carbocycles. The van der Waals surface area contributed by atoms with Crippen LogP contribution in [0.25, 0.3) is 0 Å². The predicted molar refractivity (Wildman–Crippen MR) is 101 cm³/mol. The number of aliphatic carboxylic acids is 1. The van der Waals surface area contributed by atoms with Gasteiger partial charge in [0.2, 0.25) is 0 Å². The van der Waals surface area contributed by atoms with E-state index in [1.807, 2.05) is 13.8 Å². The van der Waals surface area contributed by atoms with Gasteiger partial charge in [-0.05, 0) is 52.0 Å². The molecule has 2 N–H and O–H groups in total. The van der Waals surface area contributed by atoms with Crippen molar-refractivity contribution in [2.24, 2.45) is 0 Å². The van der Waals surface area contributed by atoms with Gasteiger partial charge < -0.3 is 15.3 Å². The minimum atomic E-state index is -1.23. The van der Waals surface area contributed by atoms with Gasteiger partial charge in [-0.25, -0.2) is 4.79 Å². The predicted octanol–water partition coefficient (Wildman–Crippen LogP) is 2.44. The number of hydrogen-bond acceptors (Lipinski definition) is 4. The number of benzene rings is 1. The van der Waals surface area contributed by atoms with Crippen molar-refractivity contribution in [1.82, 2.24) is 14.7 Å². The maximum atomic E-state index is 12.4. The molecule has 0 aliphatic rings. The van der Waals surface area contributed by atoms with E-state index in [1.54, 1.807) is 29.2 Å². The Balaban J connectivity index is 2.10. The first-order valence-electron chi connectivity index (χ1n) is 8.69. The summed E-state index contributed by atoms with van der Waals surface area (Å²) < 4.78 is 1.27. The Labute approximate surface area is 157 Å². The van der Waals surface area contributed by atoms with Crippen molar-refractivity contribution in [2.75, 3.05) is 18.4 Å². The highest BCUT2D eigenvalue weighted by molar-refractivity contribution is 6.05. The Kier molecular flexibility index (Phi) is 5.99. The topological polar surface area (TPSA) is 105 Å². The van der Waals surface area contributed by atoms with E-state index < -0.39 is 11.5 Å². The highest BCUT2D eigenvalue weighted by Gasteiger charge is 2.30. The molecule has 8 heteroatoms. The van der Waals surface area contributed by atoms with Gasteiger partial charge in [0.25, 0.3) is 11.8 Å². The number of nitrogens with one attached hydrogen (secondary N) is 1. The van der Waals surface area contributed by atoms with Gasteiger partial charge in [-0.15, -0.1) is 0 Å². The van der Waals surface area contributed by atoms with E-state index >= 15 is 0 Å². The zero-order valence-corrected chi connectivity index (χ0v) is 15.9. The minimum absolute atomic E-state index is 0.0795. The first-order chi connectivity index (χ1) is 12.7. The quantitative estimate of drug-likeness (QED) is 0.777. The zero-order chi connectivity index (χ0) is 20.2. The van der Waals surface area contributed by atoms with Crippen LogP contribution < -0.4 is 5.32 Å². The lowest BCUT2D eigenvalue weighted by molar-refractivity contribution is -0.146. The minimum Gasteiger partial charge on any atom is -0.479 e. The van der Waals surface area contributed by atoms with Crippen LogP contribution in [0.3, 0.4) is 0 Å². The number of anilines is 1. The molecule has 0 unspecified atom stereocenters. The van der Waals surface area contributed by atoms with Gasteiger partial charge in [0.1, 0.15) is 0 Å². The highest BCUT2D eigenvalue weighted by Crippen LogP contribution is 2.18. The van der Waals surface area contributed by atoms with Crippen molar-refractivity contribution in [1.29, 1.82) is 0 Å². The third kappa shape index (κ3) is 4.33. The van der Waals surface area contributed by atoms with E-state index in [0.29, 0.717) is 29.9 Å². The number of rotatable bonds is 7. The van der Waals surface area contributed by atoms with Gasteiger partial charge in [0.15, 0.2) is 5.54 Å². The van der Waals surface area contributed by atoms with E-state index in [2.05, 4.69) is 10.4 Å². The van der Waals surface area contributed by atoms with Gasteiger partial charge >= 0.3 is 5.97 Å². The third-order valence-electron chi connectivity index (χ3n) is 4.38. The van der Waals surface area contributed by atoms with Crippen LogP contribution in [0, 0.1) is 0 Å². The van der Waals surface area contributed by atoms with Gasteiger partial charge in [-0.2, -0.15) is 5.10 Å². The number of carbonyl (C=O) groups is 3. The fourth-order valence-electron chi connectivity index (χ4n) is 2.45. The van der Waals surface area contributed by atoms with Crippen LogP contribution in [0.1, 0.15) is 48.4 Å². The summed E-state index contributed by atoms with van der Waals surface area (Å²) in [5.74, 6) is -1.48. The lowest BCUT2D eigenvalue weighted by Gasteiger charge is -2.19. The summed E-state index contributed by atoms with van der Waals surface area (Å²) >= 11 is 0. The van der Waals surface area contributed by atoms with Crippen molar-refractivity contribution in [3.8, 4) is 0 Å². The van der Waals surface area contributed by atoms with E-state index in [-0.39, 0.29) is 11.8 Å². The molecule has 27 heavy (non-hydrogen) atoms.